The van der Waals surface area contributed by atoms with E-state index in [-0.39, 0.29) is 18.4 Å². The largest absolute Gasteiger partial charge is 0.437 e. The molecule has 7 nitrogen and oxygen atoms in total. The van der Waals surface area contributed by atoms with Crippen molar-refractivity contribution >= 4 is 23.0 Å². The van der Waals surface area contributed by atoms with Gasteiger partial charge in [0.1, 0.15) is 5.82 Å². The number of amides is 1. The van der Waals surface area contributed by atoms with Crippen molar-refractivity contribution in [3.05, 3.63) is 48.6 Å². The Morgan fingerprint density at radius 3 is 3.00 bits per heavy atom. The van der Waals surface area contributed by atoms with Crippen LogP contribution in [0.5, 0.6) is 0 Å². The molecule has 4 heterocycles. The summed E-state index contributed by atoms with van der Waals surface area (Å²) in [6, 6.07) is 9.45. The van der Waals surface area contributed by atoms with E-state index in [1.807, 2.05) is 24.3 Å². The molecule has 0 spiro atoms. The van der Waals surface area contributed by atoms with E-state index in [9.17, 15) is 4.79 Å². The molecule has 4 rings (SSSR count). The minimum Gasteiger partial charge on any atom is -0.437 e. The van der Waals surface area contributed by atoms with E-state index in [2.05, 4.69) is 25.2 Å². The van der Waals surface area contributed by atoms with Crippen LogP contribution in [0.1, 0.15) is 18.7 Å². The molecular weight excluding hydrogens is 318 g/mol. The number of fused-ring (bicyclic) bond motifs is 1. The molecule has 128 valence electrons. The van der Waals surface area contributed by atoms with Crippen LogP contribution in [-0.4, -0.2) is 33.9 Å². The highest BCUT2D eigenvalue weighted by molar-refractivity contribution is 5.79. The number of carbonyl (C=O) groups is 1. The average Bonchev–Trinajstić information content (AvgIpc) is 3.10. The number of aromatic nitrogens is 3. The maximum absolute atomic E-state index is 12.5. The number of rotatable bonds is 4. The highest BCUT2D eigenvalue weighted by Gasteiger charge is 2.26. The van der Waals surface area contributed by atoms with Gasteiger partial charge in [-0.15, -0.1) is 0 Å². The van der Waals surface area contributed by atoms with Crippen molar-refractivity contribution in [1.82, 2.24) is 20.3 Å². The van der Waals surface area contributed by atoms with E-state index >= 15 is 0 Å². The summed E-state index contributed by atoms with van der Waals surface area (Å²) < 4.78 is 5.59. The van der Waals surface area contributed by atoms with Gasteiger partial charge in [0.2, 0.25) is 11.8 Å². The van der Waals surface area contributed by atoms with Gasteiger partial charge in [-0.05, 0) is 37.1 Å². The fraction of sp³-hybridized carbons (Fsp3) is 0.333. The first-order valence-corrected chi connectivity index (χ1v) is 8.44. The van der Waals surface area contributed by atoms with Crippen LogP contribution >= 0.6 is 0 Å². The van der Waals surface area contributed by atoms with Crippen molar-refractivity contribution < 1.29 is 9.21 Å². The zero-order valence-electron chi connectivity index (χ0n) is 13.8. The zero-order chi connectivity index (χ0) is 17.1. The molecule has 1 saturated heterocycles. The summed E-state index contributed by atoms with van der Waals surface area (Å²) in [7, 11) is 0. The summed E-state index contributed by atoms with van der Waals surface area (Å²) in [6.45, 7) is 1.88. The quantitative estimate of drug-likeness (QED) is 0.785. The Balaban J connectivity index is 1.37. The van der Waals surface area contributed by atoms with Crippen molar-refractivity contribution in [3.63, 3.8) is 0 Å². The SMILES string of the molecule is O=C(NCc1nc2ncccc2o1)C1CCCN(c2ccccn2)C1. The predicted molar refractivity (Wildman–Crippen MR) is 92.8 cm³/mol. The molecule has 0 saturated carbocycles. The van der Waals surface area contributed by atoms with E-state index in [0.717, 1.165) is 25.2 Å². The van der Waals surface area contributed by atoms with Crippen molar-refractivity contribution in [2.24, 2.45) is 5.92 Å². The number of pyridine rings is 2. The lowest BCUT2D eigenvalue weighted by molar-refractivity contribution is -0.125. The van der Waals surface area contributed by atoms with Gasteiger partial charge in [0.25, 0.3) is 0 Å². The summed E-state index contributed by atoms with van der Waals surface area (Å²) >= 11 is 0. The second-order valence-electron chi connectivity index (χ2n) is 6.12. The molecule has 1 amide bonds. The summed E-state index contributed by atoms with van der Waals surface area (Å²) in [5.74, 6) is 1.36. The van der Waals surface area contributed by atoms with Crippen LogP contribution < -0.4 is 10.2 Å². The number of nitrogens with one attached hydrogen (secondary N) is 1. The molecule has 1 N–H and O–H groups in total. The van der Waals surface area contributed by atoms with Crippen molar-refractivity contribution in [3.8, 4) is 0 Å². The first kappa shape index (κ1) is 15.6. The third kappa shape index (κ3) is 3.45. The third-order valence-corrected chi connectivity index (χ3v) is 4.39. The van der Waals surface area contributed by atoms with Gasteiger partial charge in [0.15, 0.2) is 11.2 Å². The molecule has 1 fully saturated rings. The first-order valence-electron chi connectivity index (χ1n) is 8.44. The molecule has 0 aliphatic carbocycles. The Morgan fingerprint density at radius 2 is 2.16 bits per heavy atom. The van der Waals surface area contributed by atoms with Gasteiger partial charge in [-0.2, -0.15) is 4.98 Å². The molecule has 25 heavy (non-hydrogen) atoms. The van der Waals surface area contributed by atoms with Gasteiger partial charge < -0.3 is 14.6 Å². The van der Waals surface area contributed by atoms with Gasteiger partial charge in [-0.1, -0.05) is 6.07 Å². The van der Waals surface area contributed by atoms with Gasteiger partial charge in [0, 0.05) is 25.5 Å². The van der Waals surface area contributed by atoms with Gasteiger partial charge in [0.05, 0.1) is 12.5 Å². The smallest absolute Gasteiger partial charge is 0.225 e. The Labute approximate surface area is 145 Å². The van der Waals surface area contributed by atoms with E-state index in [4.69, 9.17) is 4.42 Å². The van der Waals surface area contributed by atoms with Crippen LogP contribution in [0.2, 0.25) is 0 Å². The summed E-state index contributed by atoms with van der Waals surface area (Å²) in [5.41, 5.74) is 1.19. The first-order chi connectivity index (χ1) is 12.3. The molecule has 0 aromatic carbocycles. The Hall–Kier alpha value is -2.96. The fourth-order valence-corrected chi connectivity index (χ4v) is 3.14. The minimum absolute atomic E-state index is 0.0239. The molecule has 1 atom stereocenters. The lowest BCUT2D eigenvalue weighted by Crippen LogP contribution is -2.43. The van der Waals surface area contributed by atoms with E-state index < -0.39 is 0 Å². The van der Waals surface area contributed by atoms with E-state index in [1.54, 1.807) is 18.5 Å². The topological polar surface area (TPSA) is 84.2 Å². The minimum atomic E-state index is -0.0572. The molecule has 1 aliphatic heterocycles. The monoisotopic (exact) mass is 337 g/mol. The van der Waals surface area contributed by atoms with Crippen molar-refractivity contribution in [2.75, 3.05) is 18.0 Å². The second-order valence-corrected chi connectivity index (χ2v) is 6.12. The Morgan fingerprint density at radius 1 is 1.24 bits per heavy atom. The van der Waals surface area contributed by atoms with Crippen molar-refractivity contribution in [2.45, 2.75) is 19.4 Å². The van der Waals surface area contributed by atoms with Gasteiger partial charge >= 0.3 is 0 Å². The van der Waals surface area contributed by atoms with Crippen LogP contribution in [0.15, 0.2) is 47.1 Å². The summed E-state index contributed by atoms with van der Waals surface area (Å²) in [5, 5.41) is 2.93. The number of carbonyl (C=O) groups excluding carboxylic acids is 1. The lowest BCUT2D eigenvalue weighted by atomic mass is 9.97. The average molecular weight is 337 g/mol. The number of piperidine rings is 1. The van der Waals surface area contributed by atoms with Crippen LogP contribution in [0, 0.1) is 5.92 Å². The molecule has 1 aliphatic rings. The standard InChI is InChI=1S/C18H19N5O2/c24-18(21-11-16-22-17-14(25-16)6-3-9-20-17)13-5-4-10-23(12-13)15-7-1-2-8-19-15/h1-3,6-9,13H,4-5,10-12H2,(H,21,24). The molecule has 3 aromatic heterocycles. The van der Waals surface area contributed by atoms with Crippen LogP contribution in [0.4, 0.5) is 5.82 Å². The molecule has 1 unspecified atom stereocenters. The molecule has 3 aromatic rings. The normalized spacial score (nSPS) is 17.6. The predicted octanol–water partition coefficient (Wildman–Crippen LogP) is 2.15. The van der Waals surface area contributed by atoms with Crippen LogP contribution in [-0.2, 0) is 11.3 Å². The number of anilines is 1. The van der Waals surface area contributed by atoms with Gasteiger partial charge in [-0.3, -0.25) is 4.79 Å². The Bertz CT molecular complexity index is 831. The fourth-order valence-electron chi connectivity index (χ4n) is 3.14. The van der Waals surface area contributed by atoms with Crippen LogP contribution in [0.25, 0.3) is 11.2 Å². The zero-order valence-corrected chi connectivity index (χ0v) is 13.8. The summed E-state index contributed by atoms with van der Waals surface area (Å²) in [6.07, 6.45) is 5.30. The third-order valence-electron chi connectivity index (χ3n) is 4.39. The molecular formula is C18H19N5O2. The second kappa shape index (κ2) is 6.88. The highest BCUT2D eigenvalue weighted by Crippen LogP contribution is 2.21. The maximum Gasteiger partial charge on any atom is 0.225 e. The highest BCUT2D eigenvalue weighted by atomic mass is 16.3. The number of hydrogen-bond acceptors (Lipinski definition) is 6. The molecule has 0 bridgehead atoms. The summed E-state index contributed by atoms with van der Waals surface area (Å²) in [4.78, 5) is 27.5. The van der Waals surface area contributed by atoms with Crippen molar-refractivity contribution in [1.29, 1.82) is 0 Å². The number of hydrogen-bond donors (Lipinski definition) is 1. The van der Waals surface area contributed by atoms with E-state index in [1.165, 1.54) is 0 Å². The maximum atomic E-state index is 12.5. The molecule has 0 radical (unpaired) electrons. The molecule has 7 heteroatoms. The van der Waals surface area contributed by atoms with Crippen LogP contribution in [0.3, 0.4) is 0 Å². The van der Waals surface area contributed by atoms with Gasteiger partial charge in [-0.25, -0.2) is 9.97 Å². The number of oxazole rings is 1. The Kier molecular flexibility index (Phi) is 4.28. The lowest BCUT2D eigenvalue weighted by Gasteiger charge is -2.32. The van der Waals surface area contributed by atoms with E-state index in [0.29, 0.717) is 23.7 Å². The number of nitrogens with zero attached hydrogens (tertiary/aromatic N) is 4.